The van der Waals surface area contributed by atoms with Crippen molar-refractivity contribution >= 4 is 11.9 Å². The average Bonchev–Trinajstić information content (AvgIpc) is 3.13. The number of amides is 1. The van der Waals surface area contributed by atoms with Crippen molar-refractivity contribution in [2.45, 2.75) is 24.9 Å². The molecule has 6 heteroatoms. The van der Waals surface area contributed by atoms with E-state index in [9.17, 15) is 14.7 Å². The zero-order chi connectivity index (χ0) is 18.7. The van der Waals surface area contributed by atoms with Crippen LogP contribution in [0, 0.1) is 0 Å². The number of carboxylic acids is 1. The molecule has 1 N–H and O–H groups in total. The third-order valence-electron chi connectivity index (χ3n) is 4.69. The lowest BCUT2D eigenvalue weighted by Gasteiger charge is -2.29. The van der Waals surface area contributed by atoms with Gasteiger partial charge in [-0.3, -0.25) is 4.79 Å². The maximum Gasteiger partial charge on any atom is 0.326 e. The van der Waals surface area contributed by atoms with E-state index >= 15 is 0 Å². The second-order valence-electron chi connectivity index (χ2n) is 6.17. The molecule has 0 unspecified atom stereocenters. The van der Waals surface area contributed by atoms with E-state index in [2.05, 4.69) is 0 Å². The summed E-state index contributed by atoms with van der Waals surface area (Å²) < 4.78 is 10.5. The van der Waals surface area contributed by atoms with Crippen LogP contribution >= 0.6 is 0 Å². The van der Waals surface area contributed by atoms with E-state index in [0.717, 1.165) is 5.56 Å². The Balaban J connectivity index is 2.02. The summed E-state index contributed by atoms with van der Waals surface area (Å²) >= 11 is 0. The number of hydrogen-bond acceptors (Lipinski definition) is 4. The molecule has 1 aliphatic heterocycles. The van der Waals surface area contributed by atoms with E-state index in [1.807, 2.05) is 30.3 Å². The summed E-state index contributed by atoms with van der Waals surface area (Å²) in [5.74, 6) is -0.377. The number of benzene rings is 2. The first-order valence-electron chi connectivity index (χ1n) is 8.38. The van der Waals surface area contributed by atoms with Crippen molar-refractivity contribution in [3.8, 4) is 11.5 Å². The molecule has 1 amide bonds. The lowest BCUT2D eigenvalue weighted by molar-refractivity contribution is -0.141. The van der Waals surface area contributed by atoms with Gasteiger partial charge in [0, 0.05) is 11.6 Å². The Labute approximate surface area is 152 Å². The van der Waals surface area contributed by atoms with Gasteiger partial charge < -0.3 is 19.5 Å². The summed E-state index contributed by atoms with van der Waals surface area (Å²) in [6, 6.07) is 13.3. The third kappa shape index (κ3) is 3.35. The minimum absolute atomic E-state index is 0.276. The Morgan fingerprint density at radius 2 is 1.62 bits per heavy atom. The van der Waals surface area contributed by atoms with Crippen LogP contribution < -0.4 is 9.47 Å². The quantitative estimate of drug-likeness (QED) is 0.892. The topological polar surface area (TPSA) is 76.1 Å². The molecule has 0 radical (unpaired) electrons. The van der Waals surface area contributed by atoms with Gasteiger partial charge >= 0.3 is 5.97 Å². The van der Waals surface area contributed by atoms with Crippen LogP contribution in [0.25, 0.3) is 0 Å². The Morgan fingerprint density at radius 3 is 2.15 bits per heavy atom. The van der Waals surface area contributed by atoms with E-state index in [-0.39, 0.29) is 11.9 Å². The molecule has 1 fully saturated rings. The summed E-state index contributed by atoms with van der Waals surface area (Å²) in [5, 5.41) is 9.60. The molecule has 2 atom stereocenters. The predicted octanol–water partition coefficient (Wildman–Crippen LogP) is 3.13. The van der Waals surface area contributed by atoms with Crippen LogP contribution in [0.3, 0.4) is 0 Å². The van der Waals surface area contributed by atoms with Crippen molar-refractivity contribution < 1.29 is 24.2 Å². The zero-order valence-corrected chi connectivity index (χ0v) is 14.7. The van der Waals surface area contributed by atoms with Gasteiger partial charge in [0.05, 0.1) is 20.3 Å². The molecule has 1 saturated heterocycles. The second-order valence-corrected chi connectivity index (χ2v) is 6.17. The molecule has 6 nitrogen and oxygen atoms in total. The number of likely N-dealkylation sites (tertiary alicyclic amines) is 1. The summed E-state index contributed by atoms with van der Waals surface area (Å²) in [5.41, 5.74) is 1.27. The highest BCUT2D eigenvalue weighted by Gasteiger charge is 2.42. The first-order valence-corrected chi connectivity index (χ1v) is 8.38. The molecule has 2 aromatic carbocycles. The molecule has 1 heterocycles. The van der Waals surface area contributed by atoms with Crippen molar-refractivity contribution in [2.24, 2.45) is 0 Å². The van der Waals surface area contributed by atoms with Crippen molar-refractivity contribution in [1.29, 1.82) is 0 Å². The SMILES string of the molecule is COc1cc(OC)cc(C(=O)N2[C@@H](c3ccccc3)CC[C@H]2C(=O)O)c1. The van der Waals surface area contributed by atoms with Crippen LogP contribution in [0.1, 0.15) is 34.8 Å². The second kappa shape index (κ2) is 7.47. The number of ether oxygens (including phenoxy) is 2. The van der Waals surface area contributed by atoms with Crippen LogP contribution in [-0.2, 0) is 4.79 Å². The molecule has 0 aromatic heterocycles. The van der Waals surface area contributed by atoms with Crippen molar-refractivity contribution in [1.82, 2.24) is 4.90 Å². The smallest absolute Gasteiger partial charge is 0.326 e. The molecular formula is C20H21NO5. The molecule has 0 bridgehead atoms. The Morgan fingerprint density at radius 1 is 1.00 bits per heavy atom. The summed E-state index contributed by atoms with van der Waals surface area (Å²) in [7, 11) is 3.01. The minimum atomic E-state index is -0.994. The first kappa shape index (κ1) is 17.8. The maximum atomic E-state index is 13.2. The number of nitrogens with zero attached hydrogens (tertiary/aromatic N) is 1. The maximum absolute atomic E-state index is 13.2. The highest BCUT2D eigenvalue weighted by Crippen LogP contribution is 2.38. The molecule has 26 heavy (non-hydrogen) atoms. The van der Waals surface area contributed by atoms with Gasteiger partial charge in [-0.2, -0.15) is 0 Å². The minimum Gasteiger partial charge on any atom is -0.497 e. The van der Waals surface area contributed by atoms with Crippen LogP contribution in [0.15, 0.2) is 48.5 Å². The largest absolute Gasteiger partial charge is 0.497 e. The number of methoxy groups -OCH3 is 2. The predicted molar refractivity (Wildman–Crippen MR) is 95.6 cm³/mol. The summed E-state index contributed by atoms with van der Waals surface area (Å²) in [6.07, 6.45) is 1.02. The molecular weight excluding hydrogens is 334 g/mol. The van der Waals surface area contributed by atoms with Gasteiger partial charge in [0.2, 0.25) is 0 Å². The van der Waals surface area contributed by atoms with Crippen LogP contribution in [0.2, 0.25) is 0 Å². The fraction of sp³-hybridized carbons (Fsp3) is 0.300. The fourth-order valence-corrected chi connectivity index (χ4v) is 3.42. The van der Waals surface area contributed by atoms with Gasteiger partial charge in [-0.15, -0.1) is 0 Å². The van der Waals surface area contributed by atoms with E-state index in [1.165, 1.54) is 19.1 Å². The number of aliphatic carboxylic acids is 1. The van der Waals surface area contributed by atoms with Gasteiger partial charge in [0.25, 0.3) is 5.91 Å². The normalized spacial score (nSPS) is 19.2. The summed E-state index contributed by atoms with van der Waals surface area (Å²) in [4.78, 5) is 26.4. The van der Waals surface area contributed by atoms with Gasteiger partial charge in [-0.25, -0.2) is 4.79 Å². The van der Waals surface area contributed by atoms with Crippen LogP contribution in [-0.4, -0.2) is 42.1 Å². The van der Waals surface area contributed by atoms with E-state index in [1.54, 1.807) is 18.2 Å². The number of carbonyl (C=O) groups is 2. The average molecular weight is 355 g/mol. The molecule has 2 aromatic rings. The highest BCUT2D eigenvalue weighted by molar-refractivity contribution is 5.98. The molecule has 3 rings (SSSR count). The number of rotatable bonds is 5. The number of carbonyl (C=O) groups excluding carboxylic acids is 1. The molecule has 0 saturated carbocycles. The lowest BCUT2D eigenvalue weighted by Crippen LogP contribution is -2.41. The number of hydrogen-bond donors (Lipinski definition) is 1. The molecule has 1 aliphatic rings. The van der Waals surface area contributed by atoms with E-state index < -0.39 is 12.0 Å². The molecule has 0 aliphatic carbocycles. The highest BCUT2D eigenvalue weighted by atomic mass is 16.5. The first-order chi connectivity index (χ1) is 12.5. The van der Waals surface area contributed by atoms with Crippen LogP contribution in [0.4, 0.5) is 0 Å². The zero-order valence-electron chi connectivity index (χ0n) is 14.7. The van der Waals surface area contributed by atoms with Gasteiger partial charge in [-0.1, -0.05) is 30.3 Å². The van der Waals surface area contributed by atoms with Gasteiger partial charge in [0.15, 0.2) is 0 Å². The lowest BCUT2D eigenvalue weighted by atomic mass is 10.0. The molecule has 136 valence electrons. The van der Waals surface area contributed by atoms with Gasteiger partial charge in [0.1, 0.15) is 17.5 Å². The van der Waals surface area contributed by atoms with E-state index in [4.69, 9.17) is 9.47 Å². The summed E-state index contributed by atoms with van der Waals surface area (Å²) in [6.45, 7) is 0. The Bertz CT molecular complexity index is 783. The fourth-order valence-electron chi connectivity index (χ4n) is 3.42. The number of carboxylic acid groups (broad SMARTS) is 1. The van der Waals surface area contributed by atoms with E-state index in [0.29, 0.717) is 29.9 Å². The van der Waals surface area contributed by atoms with Crippen molar-refractivity contribution in [2.75, 3.05) is 14.2 Å². The van der Waals surface area contributed by atoms with Crippen LogP contribution in [0.5, 0.6) is 11.5 Å². The molecule has 0 spiro atoms. The third-order valence-corrected chi connectivity index (χ3v) is 4.69. The monoisotopic (exact) mass is 355 g/mol. The Kier molecular flexibility index (Phi) is 5.11. The van der Waals surface area contributed by atoms with Gasteiger partial charge in [-0.05, 0) is 30.5 Å². The van der Waals surface area contributed by atoms with Crippen molar-refractivity contribution in [3.05, 3.63) is 59.7 Å². The van der Waals surface area contributed by atoms with Crippen molar-refractivity contribution in [3.63, 3.8) is 0 Å². The Hall–Kier alpha value is -3.02. The standard InChI is InChI=1S/C20H21NO5/c1-25-15-10-14(11-16(12-15)26-2)19(22)21-17(8-9-18(21)20(23)24)13-6-4-3-5-7-13/h3-7,10-12,17-18H,8-9H2,1-2H3,(H,23,24)/t17-,18+/m1/s1.